The third kappa shape index (κ3) is 4.64. The van der Waals surface area contributed by atoms with Gasteiger partial charge in [0.05, 0.1) is 13.2 Å². The van der Waals surface area contributed by atoms with Gasteiger partial charge in [-0.1, -0.05) is 36.2 Å². The second-order valence-corrected chi connectivity index (χ2v) is 6.96. The maximum atomic E-state index is 12.5. The van der Waals surface area contributed by atoms with Crippen molar-refractivity contribution in [2.24, 2.45) is 0 Å². The number of nitrogens with one attached hydrogen (secondary N) is 1. The van der Waals surface area contributed by atoms with E-state index in [1.54, 1.807) is 19.2 Å². The van der Waals surface area contributed by atoms with Crippen molar-refractivity contribution in [2.75, 3.05) is 26.7 Å². The van der Waals surface area contributed by atoms with E-state index in [9.17, 15) is 4.79 Å². The molecule has 0 saturated carbocycles. The summed E-state index contributed by atoms with van der Waals surface area (Å²) in [6.07, 6.45) is 3.76. The van der Waals surface area contributed by atoms with Gasteiger partial charge in [-0.15, -0.1) is 0 Å². The van der Waals surface area contributed by atoms with Crippen LogP contribution in [0.25, 0.3) is 0 Å². The van der Waals surface area contributed by atoms with Gasteiger partial charge < -0.3 is 10.1 Å². The maximum Gasteiger partial charge on any atom is 0.251 e. The van der Waals surface area contributed by atoms with Crippen LogP contribution in [0.1, 0.15) is 46.8 Å². The molecule has 4 nitrogen and oxygen atoms in total. The zero-order chi connectivity index (χ0) is 18.4. The summed E-state index contributed by atoms with van der Waals surface area (Å²) in [4.78, 5) is 15.0. The van der Waals surface area contributed by atoms with Gasteiger partial charge in [-0.25, -0.2) is 0 Å². The number of carbonyl (C=O) groups excluding carboxylic acids is 1. The van der Waals surface area contributed by atoms with Gasteiger partial charge in [-0.3, -0.25) is 9.69 Å². The highest BCUT2D eigenvalue weighted by Crippen LogP contribution is 2.24. The number of aryl methyl sites for hydroxylation is 1. The van der Waals surface area contributed by atoms with E-state index in [1.807, 2.05) is 12.1 Å². The van der Waals surface area contributed by atoms with Crippen LogP contribution < -0.4 is 10.1 Å². The van der Waals surface area contributed by atoms with Crippen LogP contribution in [0.15, 0.2) is 48.5 Å². The number of benzene rings is 2. The summed E-state index contributed by atoms with van der Waals surface area (Å²) in [6.45, 7) is 4.91. The predicted octanol–water partition coefficient (Wildman–Crippen LogP) is 3.96. The SMILES string of the molecule is COc1ccc(C(=O)NC[C@H](c2ccc(C)cc2)N2CCCCC2)cc1. The van der Waals surface area contributed by atoms with Gasteiger partial charge in [0, 0.05) is 12.1 Å². The first-order valence-electron chi connectivity index (χ1n) is 9.40. The van der Waals surface area contributed by atoms with E-state index in [1.165, 1.54) is 30.4 Å². The van der Waals surface area contributed by atoms with Crippen molar-refractivity contribution in [2.45, 2.75) is 32.2 Å². The molecule has 0 spiro atoms. The van der Waals surface area contributed by atoms with Crippen LogP contribution in [0.2, 0.25) is 0 Å². The minimum atomic E-state index is -0.0400. The molecular formula is C22H28N2O2. The number of nitrogens with zero attached hydrogens (tertiary/aromatic N) is 1. The van der Waals surface area contributed by atoms with Crippen LogP contribution in [0.4, 0.5) is 0 Å². The second-order valence-electron chi connectivity index (χ2n) is 6.96. The molecule has 26 heavy (non-hydrogen) atoms. The molecule has 1 heterocycles. The maximum absolute atomic E-state index is 12.5. The van der Waals surface area contributed by atoms with Crippen molar-refractivity contribution < 1.29 is 9.53 Å². The molecule has 0 radical (unpaired) electrons. The van der Waals surface area contributed by atoms with Crippen LogP contribution in [0, 0.1) is 6.92 Å². The van der Waals surface area contributed by atoms with Gasteiger partial charge in [0.2, 0.25) is 0 Å². The molecule has 1 aliphatic heterocycles. The molecule has 2 aromatic carbocycles. The highest BCUT2D eigenvalue weighted by Gasteiger charge is 2.23. The minimum Gasteiger partial charge on any atom is -0.497 e. The Bertz CT molecular complexity index is 704. The lowest BCUT2D eigenvalue weighted by molar-refractivity contribution is 0.0924. The topological polar surface area (TPSA) is 41.6 Å². The zero-order valence-corrected chi connectivity index (χ0v) is 15.7. The molecule has 1 atom stereocenters. The Balaban J connectivity index is 1.70. The summed E-state index contributed by atoms with van der Waals surface area (Å²) in [7, 11) is 1.62. The number of amides is 1. The van der Waals surface area contributed by atoms with E-state index >= 15 is 0 Å². The van der Waals surface area contributed by atoms with Gasteiger partial charge in [0.15, 0.2) is 0 Å². The van der Waals surface area contributed by atoms with E-state index in [-0.39, 0.29) is 11.9 Å². The third-order valence-electron chi connectivity index (χ3n) is 5.10. The number of rotatable bonds is 6. The summed E-state index contributed by atoms with van der Waals surface area (Å²) >= 11 is 0. The Morgan fingerprint density at radius 2 is 1.69 bits per heavy atom. The van der Waals surface area contributed by atoms with Crippen molar-refractivity contribution in [3.63, 3.8) is 0 Å². The number of hydrogen-bond acceptors (Lipinski definition) is 3. The molecule has 1 saturated heterocycles. The van der Waals surface area contributed by atoms with Gasteiger partial charge in [-0.2, -0.15) is 0 Å². The lowest BCUT2D eigenvalue weighted by Crippen LogP contribution is -2.40. The Hall–Kier alpha value is -2.33. The molecule has 0 unspecified atom stereocenters. The Labute approximate surface area is 156 Å². The fourth-order valence-electron chi connectivity index (χ4n) is 3.51. The lowest BCUT2D eigenvalue weighted by Gasteiger charge is -2.35. The van der Waals surface area contributed by atoms with Crippen LogP contribution in [0.3, 0.4) is 0 Å². The van der Waals surface area contributed by atoms with Gasteiger partial charge in [0.25, 0.3) is 5.91 Å². The number of piperidine rings is 1. The summed E-state index contributed by atoms with van der Waals surface area (Å²) < 4.78 is 5.16. The Morgan fingerprint density at radius 3 is 2.31 bits per heavy atom. The molecule has 0 aromatic heterocycles. The Kier molecular flexibility index (Phi) is 6.29. The zero-order valence-electron chi connectivity index (χ0n) is 15.7. The van der Waals surface area contributed by atoms with Gasteiger partial charge in [-0.05, 0) is 62.7 Å². The first-order valence-corrected chi connectivity index (χ1v) is 9.40. The molecular weight excluding hydrogens is 324 g/mol. The van der Waals surface area contributed by atoms with Crippen LogP contribution in [-0.2, 0) is 0 Å². The second kappa shape index (κ2) is 8.86. The van der Waals surface area contributed by atoms with Crippen molar-refractivity contribution in [1.29, 1.82) is 0 Å². The molecule has 1 aliphatic rings. The predicted molar refractivity (Wildman–Crippen MR) is 105 cm³/mol. The fourth-order valence-corrected chi connectivity index (χ4v) is 3.51. The fraction of sp³-hybridized carbons (Fsp3) is 0.409. The average Bonchev–Trinajstić information content (AvgIpc) is 2.70. The van der Waals surface area contributed by atoms with E-state index in [0.717, 1.165) is 18.8 Å². The smallest absolute Gasteiger partial charge is 0.251 e. The van der Waals surface area contributed by atoms with Gasteiger partial charge >= 0.3 is 0 Å². The van der Waals surface area contributed by atoms with Crippen molar-refractivity contribution in [1.82, 2.24) is 10.2 Å². The first kappa shape index (κ1) is 18.5. The number of methoxy groups -OCH3 is 1. The summed E-state index contributed by atoms with van der Waals surface area (Å²) in [5, 5.41) is 3.13. The average molecular weight is 352 g/mol. The summed E-state index contributed by atoms with van der Waals surface area (Å²) in [6, 6.07) is 16.1. The molecule has 0 aliphatic carbocycles. The monoisotopic (exact) mass is 352 g/mol. The van der Waals surface area contributed by atoms with E-state index in [0.29, 0.717) is 12.1 Å². The van der Waals surface area contributed by atoms with Crippen LogP contribution >= 0.6 is 0 Å². The minimum absolute atomic E-state index is 0.0400. The highest BCUT2D eigenvalue weighted by atomic mass is 16.5. The highest BCUT2D eigenvalue weighted by molar-refractivity contribution is 5.94. The van der Waals surface area contributed by atoms with Crippen molar-refractivity contribution in [3.8, 4) is 5.75 Å². The van der Waals surface area contributed by atoms with Crippen LogP contribution in [-0.4, -0.2) is 37.6 Å². The Morgan fingerprint density at radius 1 is 1.04 bits per heavy atom. The molecule has 2 aromatic rings. The summed E-state index contributed by atoms with van der Waals surface area (Å²) in [5.41, 5.74) is 3.19. The first-order chi connectivity index (χ1) is 12.7. The normalized spacial score (nSPS) is 16.1. The lowest BCUT2D eigenvalue weighted by atomic mass is 10.0. The van der Waals surface area contributed by atoms with E-state index in [2.05, 4.69) is 41.4 Å². The van der Waals surface area contributed by atoms with E-state index in [4.69, 9.17) is 4.74 Å². The summed E-state index contributed by atoms with van der Waals surface area (Å²) in [5.74, 6) is 0.717. The standard InChI is InChI=1S/C22H28N2O2/c1-17-6-8-18(9-7-17)21(24-14-4-3-5-15-24)16-23-22(25)19-10-12-20(26-2)13-11-19/h6-13,21H,3-5,14-16H2,1-2H3,(H,23,25)/t21-/m1/s1. The molecule has 4 heteroatoms. The molecule has 1 N–H and O–H groups in total. The van der Waals surface area contributed by atoms with Gasteiger partial charge in [0.1, 0.15) is 5.75 Å². The van der Waals surface area contributed by atoms with Crippen LogP contribution in [0.5, 0.6) is 5.75 Å². The molecule has 1 fully saturated rings. The number of likely N-dealkylation sites (tertiary alicyclic amines) is 1. The third-order valence-corrected chi connectivity index (χ3v) is 5.10. The van der Waals surface area contributed by atoms with E-state index < -0.39 is 0 Å². The number of carbonyl (C=O) groups is 1. The molecule has 0 bridgehead atoms. The largest absolute Gasteiger partial charge is 0.497 e. The quantitative estimate of drug-likeness (QED) is 0.855. The molecule has 3 rings (SSSR count). The number of hydrogen-bond donors (Lipinski definition) is 1. The van der Waals surface area contributed by atoms with Crippen molar-refractivity contribution in [3.05, 3.63) is 65.2 Å². The number of ether oxygens (including phenoxy) is 1. The van der Waals surface area contributed by atoms with Crippen molar-refractivity contribution >= 4 is 5.91 Å². The molecule has 1 amide bonds. The molecule has 138 valence electrons.